The van der Waals surface area contributed by atoms with E-state index in [-0.39, 0.29) is 30.9 Å². The highest BCUT2D eigenvalue weighted by molar-refractivity contribution is 5.37. The molecule has 0 bridgehead atoms. The molecule has 2 unspecified atom stereocenters. The van der Waals surface area contributed by atoms with Gasteiger partial charge in [-0.15, -0.1) is 0 Å². The van der Waals surface area contributed by atoms with Crippen LogP contribution in [0.1, 0.15) is 42.2 Å². The van der Waals surface area contributed by atoms with Crippen molar-refractivity contribution in [1.29, 1.82) is 0 Å². The van der Waals surface area contributed by atoms with E-state index in [0.717, 1.165) is 18.4 Å². The molecule has 2 heterocycles. The molecular formula is C26H28FNO5. The molecule has 0 radical (unpaired) electrons. The fraction of sp³-hybridized carbons (Fsp3) is 0.346. The van der Waals surface area contributed by atoms with E-state index in [4.69, 9.17) is 14.2 Å². The second-order valence-corrected chi connectivity index (χ2v) is 7.95. The normalized spacial score (nSPS) is 17.0. The molecule has 1 aliphatic rings. The molecule has 1 aliphatic heterocycles. The number of benzene rings is 2. The van der Waals surface area contributed by atoms with Crippen LogP contribution in [0.25, 0.3) is 0 Å². The third-order valence-corrected chi connectivity index (χ3v) is 5.56. The molecule has 2 aromatic carbocycles. The van der Waals surface area contributed by atoms with Crippen molar-refractivity contribution in [2.75, 3.05) is 13.2 Å². The van der Waals surface area contributed by atoms with Crippen molar-refractivity contribution in [3.63, 3.8) is 0 Å². The second kappa shape index (κ2) is 11.2. The fourth-order valence-corrected chi connectivity index (χ4v) is 3.96. The molecule has 174 valence electrons. The SMILES string of the molecule is O=c1ccn(CCO)c(C(OC2CCCCO2)c2cccc(F)c2)c1OCc1ccccc1. The first-order valence-electron chi connectivity index (χ1n) is 11.2. The average Bonchev–Trinajstić information content (AvgIpc) is 2.84. The molecule has 0 aliphatic carbocycles. The number of hydrogen-bond acceptors (Lipinski definition) is 5. The molecule has 1 saturated heterocycles. The number of nitrogens with zero attached hydrogens (tertiary/aromatic N) is 1. The van der Waals surface area contributed by atoms with Gasteiger partial charge in [0.1, 0.15) is 18.5 Å². The lowest BCUT2D eigenvalue weighted by molar-refractivity contribution is -0.183. The van der Waals surface area contributed by atoms with E-state index in [1.54, 1.807) is 22.9 Å². The molecule has 0 spiro atoms. The van der Waals surface area contributed by atoms with E-state index in [0.29, 0.717) is 24.3 Å². The zero-order valence-corrected chi connectivity index (χ0v) is 18.4. The molecular weight excluding hydrogens is 425 g/mol. The summed E-state index contributed by atoms with van der Waals surface area (Å²) >= 11 is 0. The number of pyridine rings is 1. The second-order valence-electron chi connectivity index (χ2n) is 7.95. The maximum absolute atomic E-state index is 14.2. The van der Waals surface area contributed by atoms with E-state index >= 15 is 0 Å². The van der Waals surface area contributed by atoms with Crippen molar-refractivity contribution >= 4 is 0 Å². The topological polar surface area (TPSA) is 69.9 Å². The average molecular weight is 454 g/mol. The van der Waals surface area contributed by atoms with Crippen LogP contribution in [0.2, 0.25) is 0 Å². The van der Waals surface area contributed by atoms with Crippen molar-refractivity contribution in [1.82, 2.24) is 4.57 Å². The van der Waals surface area contributed by atoms with Crippen LogP contribution in [-0.2, 0) is 22.6 Å². The van der Waals surface area contributed by atoms with E-state index < -0.39 is 18.2 Å². The van der Waals surface area contributed by atoms with Crippen molar-refractivity contribution in [2.24, 2.45) is 0 Å². The molecule has 0 saturated carbocycles. The lowest BCUT2D eigenvalue weighted by Crippen LogP contribution is -2.28. The summed E-state index contributed by atoms with van der Waals surface area (Å²) < 4.78 is 34.1. The fourth-order valence-electron chi connectivity index (χ4n) is 3.96. The first-order valence-corrected chi connectivity index (χ1v) is 11.2. The minimum atomic E-state index is -0.824. The Morgan fingerprint density at radius 2 is 1.97 bits per heavy atom. The predicted octanol–water partition coefficient (Wildman–Crippen LogP) is 4.19. The summed E-state index contributed by atoms with van der Waals surface area (Å²) in [5.41, 5.74) is 1.54. The van der Waals surface area contributed by atoms with Crippen LogP contribution >= 0.6 is 0 Å². The van der Waals surface area contributed by atoms with Crippen molar-refractivity contribution in [2.45, 2.75) is 44.8 Å². The number of aromatic nitrogens is 1. The van der Waals surface area contributed by atoms with Gasteiger partial charge in [-0.2, -0.15) is 0 Å². The zero-order chi connectivity index (χ0) is 23.0. The van der Waals surface area contributed by atoms with Gasteiger partial charge in [-0.1, -0.05) is 42.5 Å². The molecule has 33 heavy (non-hydrogen) atoms. The van der Waals surface area contributed by atoms with Gasteiger partial charge >= 0.3 is 0 Å². The number of aliphatic hydroxyl groups is 1. The van der Waals surface area contributed by atoms with Crippen molar-refractivity contribution in [3.8, 4) is 5.75 Å². The van der Waals surface area contributed by atoms with Crippen molar-refractivity contribution < 1.29 is 23.7 Å². The van der Waals surface area contributed by atoms with Gasteiger partial charge in [-0.05, 0) is 42.5 Å². The molecule has 2 atom stereocenters. The highest BCUT2D eigenvalue weighted by Crippen LogP contribution is 2.34. The summed E-state index contributed by atoms with van der Waals surface area (Å²) in [4.78, 5) is 13.0. The van der Waals surface area contributed by atoms with Crippen LogP contribution in [0.5, 0.6) is 5.75 Å². The van der Waals surface area contributed by atoms with Crippen molar-refractivity contribution in [3.05, 3.63) is 99.7 Å². The number of hydrogen-bond donors (Lipinski definition) is 1. The first kappa shape index (κ1) is 23.2. The van der Waals surface area contributed by atoms with Crippen LogP contribution in [0.4, 0.5) is 4.39 Å². The van der Waals surface area contributed by atoms with Gasteiger partial charge in [0.15, 0.2) is 12.0 Å². The van der Waals surface area contributed by atoms with E-state index in [1.807, 2.05) is 30.3 Å². The number of rotatable bonds is 9. The van der Waals surface area contributed by atoms with Gasteiger partial charge in [0, 0.05) is 25.4 Å². The highest BCUT2D eigenvalue weighted by atomic mass is 19.1. The van der Waals surface area contributed by atoms with Crippen LogP contribution in [-0.4, -0.2) is 29.2 Å². The Morgan fingerprint density at radius 3 is 2.70 bits per heavy atom. The monoisotopic (exact) mass is 453 g/mol. The number of halogens is 1. The Bertz CT molecular complexity index is 1100. The third kappa shape index (κ3) is 5.87. The number of ether oxygens (including phenoxy) is 3. The predicted molar refractivity (Wildman–Crippen MR) is 121 cm³/mol. The van der Waals surface area contributed by atoms with Crippen LogP contribution in [0, 0.1) is 5.82 Å². The molecule has 0 amide bonds. The van der Waals surface area contributed by atoms with Crippen LogP contribution in [0.15, 0.2) is 71.7 Å². The Morgan fingerprint density at radius 1 is 1.12 bits per heavy atom. The Balaban J connectivity index is 1.79. The van der Waals surface area contributed by atoms with Gasteiger partial charge < -0.3 is 23.9 Å². The summed E-state index contributed by atoms with van der Waals surface area (Å²) in [6.45, 7) is 0.833. The molecule has 4 rings (SSSR count). The minimum absolute atomic E-state index is 0.111. The largest absolute Gasteiger partial charge is 0.483 e. The molecule has 6 nitrogen and oxygen atoms in total. The quantitative estimate of drug-likeness (QED) is 0.526. The van der Waals surface area contributed by atoms with Gasteiger partial charge in [-0.25, -0.2) is 4.39 Å². The van der Waals surface area contributed by atoms with E-state index in [1.165, 1.54) is 18.2 Å². The van der Waals surface area contributed by atoms with Gasteiger partial charge in [0.2, 0.25) is 5.43 Å². The maximum Gasteiger partial charge on any atom is 0.223 e. The van der Waals surface area contributed by atoms with Gasteiger partial charge in [-0.3, -0.25) is 4.79 Å². The Labute approximate surface area is 192 Å². The smallest absolute Gasteiger partial charge is 0.223 e. The van der Waals surface area contributed by atoms with E-state index in [9.17, 15) is 14.3 Å². The van der Waals surface area contributed by atoms with E-state index in [2.05, 4.69) is 0 Å². The summed E-state index contributed by atoms with van der Waals surface area (Å²) in [6, 6.07) is 17.0. The number of aliphatic hydroxyl groups excluding tert-OH is 1. The molecule has 1 N–H and O–H groups in total. The lowest BCUT2D eigenvalue weighted by Gasteiger charge is -2.30. The Hall–Kier alpha value is -3.00. The zero-order valence-electron chi connectivity index (χ0n) is 18.4. The standard InChI is InChI=1S/C26H28FNO5/c27-21-10-6-9-20(17-21)25(33-23-11-4-5-16-31-23)24-26(22(30)12-13-28(24)14-15-29)32-18-19-7-2-1-3-8-19/h1-3,6-10,12-13,17,23,25,29H,4-5,11,14-16,18H2. The molecule has 3 aromatic rings. The Kier molecular flexibility index (Phi) is 7.88. The summed E-state index contributed by atoms with van der Waals surface area (Å²) in [5.74, 6) is -0.302. The van der Waals surface area contributed by atoms with Crippen LogP contribution in [0.3, 0.4) is 0 Å². The molecule has 7 heteroatoms. The first-order chi connectivity index (χ1) is 16.2. The van der Waals surface area contributed by atoms with Gasteiger partial charge in [0.05, 0.1) is 12.3 Å². The third-order valence-electron chi connectivity index (χ3n) is 5.56. The maximum atomic E-state index is 14.2. The summed E-state index contributed by atoms with van der Waals surface area (Å²) in [5, 5.41) is 9.66. The molecule has 1 aromatic heterocycles. The van der Waals surface area contributed by atoms with Gasteiger partial charge in [0.25, 0.3) is 0 Å². The lowest BCUT2D eigenvalue weighted by atomic mass is 10.0. The van der Waals surface area contributed by atoms with Crippen LogP contribution < -0.4 is 10.2 Å². The summed E-state index contributed by atoms with van der Waals surface area (Å²) in [7, 11) is 0. The minimum Gasteiger partial charge on any atom is -0.483 e. The molecule has 1 fully saturated rings. The summed E-state index contributed by atoms with van der Waals surface area (Å²) in [6.07, 6.45) is 2.89. The highest BCUT2D eigenvalue weighted by Gasteiger charge is 2.29.